The van der Waals surface area contributed by atoms with E-state index in [-0.39, 0.29) is 5.41 Å². The van der Waals surface area contributed by atoms with Crippen LogP contribution in [0.1, 0.15) is 25.0 Å². The van der Waals surface area contributed by atoms with E-state index in [1.807, 2.05) is 0 Å². The number of anilines is 3. The summed E-state index contributed by atoms with van der Waals surface area (Å²) in [5.41, 5.74) is 18.2. The number of benzene rings is 11. The molecule has 0 saturated carbocycles. The van der Waals surface area contributed by atoms with Crippen molar-refractivity contribution in [1.29, 1.82) is 0 Å². The summed E-state index contributed by atoms with van der Waals surface area (Å²) in [4.78, 5) is 2.50. The lowest BCUT2D eigenvalue weighted by atomic mass is 9.82. The standard InChI is InChI=1S/C63H45N/c1-63(2)59-33-16-15-31-55(59)58-40-47(35-36-60(58)63)52-32-18-34-61(62(52)43-21-7-4-8-22-43)64(49-38-44-23-9-12-28-51(44)57(41-49)42-19-5-3-6-20-42)48-26-17-25-45(37-48)56-39-46-24-10-11-27-50(46)53-29-13-14-30-54(53)56/h3-41H,1-2H3. The third-order valence-corrected chi connectivity index (χ3v) is 13.6. The predicted octanol–water partition coefficient (Wildman–Crippen LogP) is 17.6. The quantitative estimate of drug-likeness (QED) is 0.145. The molecule has 64 heavy (non-hydrogen) atoms. The maximum atomic E-state index is 2.50. The molecule has 1 nitrogen and oxygen atoms in total. The van der Waals surface area contributed by atoms with Crippen molar-refractivity contribution in [2.45, 2.75) is 19.3 Å². The van der Waals surface area contributed by atoms with Gasteiger partial charge in [-0.05, 0) is 136 Å². The molecule has 1 heteroatoms. The molecule has 11 aromatic rings. The summed E-state index contributed by atoms with van der Waals surface area (Å²) >= 11 is 0. The highest BCUT2D eigenvalue weighted by atomic mass is 15.1. The van der Waals surface area contributed by atoms with Crippen molar-refractivity contribution in [3.8, 4) is 55.6 Å². The summed E-state index contributed by atoms with van der Waals surface area (Å²) in [6.45, 7) is 4.71. The van der Waals surface area contributed by atoms with Gasteiger partial charge in [0.2, 0.25) is 0 Å². The minimum absolute atomic E-state index is 0.0701. The van der Waals surface area contributed by atoms with Crippen LogP contribution in [0.15, 0.2) is 237 Å². The van der Waals surface area contributed by atoms with Crippen molar-refractivity contribution in [1.82, 2.24) is 0 Å². The van der Waals surface area contributed by atoms with E-state index in [9.17, 15) is 0 Å². The second-order valence-electron chi connectivity index (χ2n) is 17.7. The van der Waals surface area contributed by atoms with Crippen LogP contribution in [0.25, 0.3) is 88.0 Å². The third-order valence-electron chi connectivity index (χ3n) is 13.6. The molecule has 0 unspecified atom stereocenters. The van der Waals surface area contributed by atoms with Gasteiger partial charge in [-0.3, -0.25) is 0 Å². The second kappa shape index (κ2) is 15.1. The Morgan fingerprint density at radius 2 is 0.859 bits per heavy atom. The predicted molar refractivity (Wildman–Crippen MR) is 273 cm³/mol. The molecule has 0 bridgehead atoms. The zero-order valence-corrected chi connectivity index (χ0v) is 36.0. The second-order valence-corrected chi connectivity index (χ2v) is 17.7. The van der Waals surface area contributed by atoms with E-state index in [1.54, 1.807) is 0 Å². The van der Waals surface area contributed by atoms with Crippen molar-refractivity contribution in [2.75, 3.05) is 4.90 Å². The smallest absolute Gasteiger partial charge is 0.0546 e. The van der Waals surface area contributed by atoms with Gasteiger partial charge in [0.25, 0.3) is 0 Å². The molecule has 0 amide bonds. The van der Waals surface area contributed by atoms with Crippen LogP contribution >= 0.6 is 0 Å². The fourth-order valence-electron chi connectivity index (χ4n) is 10.6. The topological polar surface area (TPSA) is 3.24 Å². The molecule has 0 N–H and O–H groups in total. The first-order chi connectivity index (χ1) is 31.5. The van der Waals surface area contributed by atoms with Crippen LogP contribution in [-0.4, -0.2) is 0 Å². The van der Waals surface area contributed by atoms with Gasteiger partial charge in [-0.2, -0.15) is 0 Å². The first kappa shape index (κ1) is 37.7. The molecule has 302 valence electrons. The van der Waals surface area contributed by atoms with Crippen LogP contribution < -0.4 is 4.90 Å². The van der Waals surface area contributed by atoms with Crippen molar-refractivity contribution in [3.05, 3.63) is 248 Å². The first-order valence-corrected chi connectivity index (χ1v) is 22.3. The Labute approximate surface area is 375 Å². The summed E-state index contributed by atoms with van der Waals surface area (Å²) in [7, 11) is 0. The summed E-state index contributed by atoms with van der Waals surface area (Å²) in [6, 6.07) is 87.4. The minimum Gasteiger partial charge on any atom is -0.310 e. The van der Waals surface area contributed by atoms with E-state index in [2.05, 4.69) is 255 Å². The zero-order chi connectivity index (χ0) is 42.8. The fraction of sp³-hybridized carbons (Fsp3) is 0.0476. The molecule has 0 spiro atoms. The number of hydrogen-bond donors (Lipinski definition) is 0. The average molecular weight is 816 g/mol. The van der Waals surface area contributed by atoms with Gasteiger partial charge in [-0.25, -0.2) is 0 Å². The van der Waals surface area contributed by atoms with Crippen LogP contribution in [0.5, 0.6) is 0 Å². The Hall–Kier alpha value is -8.00. The Balaban J connectivity index is 1.14. The van der Waals surface area contributed by atoms with Gasteiger partial charge in [-0.15, -0.1) is 0 Å². The van der Waals surface area contributed by atoms with E-state index in [1.165, 1.54) is 99.1 Å². The summed E-state index contributed by atoms with van der Waals surface area (Å²) in [5, 5.41) is 7.44. The largest absolute Gasteiger partial charge is 0.310 e. The van der Waals surface area contributed by atoms with E-state index >= 15 is 0 Å². The van der Waals surface area contributed by atoms with E-state index in [0.29, 0.717) is 0 Å². The van der Waals surface area contributed by atoms with Crippen LogP contribution in [0, 0.1) is 0 Å². The zero-order valence-electron chi connectivity index (χ0n) is 36.0. The number of rotatable bonds is 7. The minimum atomic E-state index is -0.0701. The molecule has 0 aliphatic heterocycles. The van der Waals surface area contributed by atoms with Gasteiger partial charge in [0, 0.05) is 22.4 Å². The van der Waals surface area contributed by atoms with E-state index in [0.717, 1.165) is 17.1 Å². The van der Waals surface area contributed by atoms with Gasteiger partial charge in [-0.1, -0.05) is 208 Å². The maximum absolute atomic E-state index is 2.50. The molecule has 12 rings (SSSR count). The van der Waals surface area contributed by atoms with Crippen molar-refractivity contribution < 1.29 is 0 Å². The highest BCUT2D eigenvalue weighted by molar-refractivity contribution is 6.14. The van der Waals surface area contributed by atoms with Gasteiger partial charge in [0.15, 0.2) is 0 Å². The van der Waals surface area contributed by atoms with Crippen LogP contribution in [0.4, 0.5) is 17.1 Å². The lowest BCUT2D eigenvalue weighted by Gasteiger charge is -2.30. The Kier molecular flexibility index (Phi) is 8.91. The number of nitrogens with zero attached hydrogens (tertiary/aromatic N) is 1. The fourth-order valence-corrected chi connectivity index (χ4v) is 10.6. The summed E-state index contributed by atoms with van der Waals surface area (Å²) in [5.74, 6) is 0. The molecule has 0 radical (unpaired) electrons. The lowest BCUT2D eigenvalue weighted by Crippen LogP contribution is -2.14. The highest BCUT2D eigenvalue weighted by Gasteiger charge is 2.35. The molecular formula is C63H45N. The molecule has 0 saturated heterocycles. The highest BCUT2D eigenvalue weighted by Crippen LogP contribution is 2.52. The molecule has 0 atom stereocenters. The number of hydrogen-bond acceptors (Lipinski definition) is 1. The monoisotopic (exact) mass is 815 g/mol. The maximum Gasteiger partial charge on any atom is 0.0546 e. The van der Waals surface area contributed by atoms with Gasteiger partial charge < -0.3 is 4.90 Å². The lowest BCUT2D eigenvalue weighted by molar-refractivity contribution is 0.660. The van der Waals surface area contributed by atoms with Crippen molar-refractivity contribution >= 4 is 49.4 Å². The Morgan fingerprint density at radius 3 is 1.66 bits per heavy atom. The molecule has 11 aromatic carbocycles. The van der Waals surface area contributed by atoms with Gasteiger partial charge in [0.1, 0.15) is 0 Å². The van der Waals surface area contributed by atoms with Crippen LogP contribution in [0.2, 0.25) is 0 Å². The van der Waals surface area contributed by atoms with Crippen LogP contribution in [-0.2, 0) is 5.41 Å². The summed E-state index contributed by atoms with van der Waals surface area (Å²) in [6.07, 6.45) is 0. The molecule has 0 aromatic heterocycles. The third kappa shape index (κ3) is 6.15. The first-order valence-electron chi connectivity index (χ1n) is 22.3. The molecule has 0 fully saturated rings. The molecular weight excluding hydrogens is 771 g/mol. The Morgan fingerprint density at radius 1 is 0.297 bits per heavy atom. The normalized spacial score (nSPS) is 12.7. The van der Waals surface area contributed by atoms with Crippen molar-refractivity contribution in [3.63, 3.8) is 0 Å². The SMILES string of the molecule is CC1(C)c2ccccc2-c2cc(-c3cccc(N(c4cccc(-c5cc6ccccc6c6ccccc56)c4)c4cc(-c5ccccc5)c5ccccc5c4)c3-c3ccccc3)ccc21. The van der Waals surface area contributed by atoms with Gasteiger partial charge >= 0.3 is 0 Å². The molecule has 1 aliphatic carbocycles. The molecule has 0 heterocycles. The summed E-state index contributed by atoms with van der Waals surface area (Å²) < 4.78 is 0. The molecule has 1 aliphatic rings. The Bertz CT molecular complexity index is 3580. The van der Waals surface area contributed by atoms with Gasteiger partial charge in [0.05, 0.1) is 5.69 Å². The van der Waals surface area contributed by atoms with E-state index < -0.39 is 0 Å². The van der Waals surface area contributed by atoms with Crippen LogP contribution in [0.3, 0.4) is 0 Å². The van der Waals surface area contributed by atoms with E-state index in [4.69, 9.17) is 0 Å². The number of fused-ring (bicyclic) bond motifs is 7. The average Bonchev–Trinajstić information content (AvgIpc) is 3.59. The van der Waals surface area contributed by atoms with Crippen molar-refractivity contribution in [2.24, 2.45) is 0 Å².